The second-order valence-corrected chi connectivity index (χ2v) is 6.72. The van der Waals surface area contributed by atoms with Crippen molar-refractivity contribution in [2.75, 3.05) is 0 Å². The van der Waals surface area contributed by atoms with E-state index < -0.39 is 17.2 Å². The summed E-state index contributed by atoms with van der Waals surface area (Å²) in [4.78, 5) is 23.4. The van der Waals surface area contributed by atoms with Gasteiger partial charge in [-0.1, -0.05) is 38.1 Å². The van der Waals surface area contributed by atoms with E-state index in [0.717, 1.165) is 11.8 Å². The SMILES string of the molecule is CC(C)c1ccc(C(C)(C=O)NC(=O)OC(C)(C)C)cc1. The van der Waals surface area contributed by atoms with E-state index in [-0.39, 0.29) is 0 Å². The van der Waals surface area contributed by atoms with Crippen molar-refractivity contribution in [2.45, 2.75) is 58.6 Å². The Kier molecular flexibility index (Phi) is 5.15. The lowest BCUT2D eigenvalue weighted by atomic mass is 9.91. The van der Waals surface area contributed by atoms with E-state index in [2.05, 4.69) is 19.2 Å². The molecule has 1 atom stereocenters. The van der Waals surface area contributed by atoms with Crippen molar-refractivity contribution in [3.05, 3.63) is 35.4 Å². The molecule has 0 saturated heterocycles. The molecule has 0 radical (unpaired) electrons. The number of amides is 1. The van der Waals surface area contributed by atoms with E-state index in [0.29, 0.717) is 5.92 Å². The molecule has 4 nitrogen and oxygen atoms in total. The first-order valence-corrected chi connectivity index (χ1v) is 7.15. The van der Waals surface area contributed by atoms with Gasteiger partial charge < -0.3 is 14.8 Å². The molecule has 4 heteroatoms. The summed E-state index contributed by atoms with van der Waals surface area (Å²) in [5.41, 5.74) is 0.213. The number of hydrogen-bond donors (Lipinski definition) is 1. The Balaban J connectivity index is 2.93. The third-order valence-electron chi connectivity index (χ3n) is 3.17. The Morgan fingerprint density at radius 2 is 1.67 bits per heavy atom. The lowest BCUT2D eigenvalue weighted by Gasteiger charge is -2.28. The summed E-state index contributed by atoms with van der Waals surface area (Å²) in [7, 11) is 0. The molecule has 0 aromatic heterocycles. The van der Waals surface area contributed by atoms with Crippen LogP contribution in [0.4, 0.5) is 4.79 Å². The summed E-state index contributed by atoms with van der Waals surface area (Å²) in [5.74, 6) is 0.417. The number of carbonyl (C=O) groups excluding carboxylic acids is 2. The van der Waals surface area contributed by atoms with Crippen molar-refractivity contribution in [1.29, 1.82) is 0 Å². The maximum Gasteiger partial charge on any atom is 0.408 e. The van der Waals surface area contributed by atoms with Crippen molar-refractivity contribution < 1.29 is 14.3 Å². The number of alkyl carbamates (subject to hydrolysis) is 1. The molecule has 0 aliphatic heterocycles. The largest absolute Gasteiger partial charge is 0.444 e. The van der Waals surface area contributed by atoms with Gasteiger partial charge in [0.15, 0.2) is 0 Å². The molecule has 0 bridgehead atoms. The smallest absolute Gasteiger partial charge is 0.408 e. The fourth-order valence-corrected chi connectivity index (χ4v) is 1.90. The van der Waals surface area contributed by atoms with Crippen molar-refractivity contribution in [3.63, 3.8) is 0 Å². The van der Waals surface area contributed by atoms with Crippen LogP contribution in [0.5, 0.6) is 0 Å². The second-order valence-electron chi connectivity index (χ2n) is 6.72. The summed E-state index contributed by atoms with van der Waals surface area (Å²) >= 11 is 0. The highest BCUT2D eigenvalue weighted by Crippen LogP contribution is 2.22. The molecule has 1 rings (SSSR count). The topological polar surface area (TPSA) is 55.4 Å². The molecular weight excluding hydrogens is 266 g/mol. The van der Waals surface area contributed by atoms with E-state index >= 15 is 0 Å². The average Bonchev–Trinajstić information content (AvgIpc) is 2.36. The van der Waals surface area contributed by atoms with Crippen LogP contribution in [-0.2, 0) is 15.1 Å². The summed E-state index contributed by atoms with van der Waals surface area (Å²) < 4.78 is 5.21. The first kappa shape index (κ1) is 17.2. The highest BCUT2D eigenvalue weighted by Gasteiger charge is 2.30. The molecule has 0 spiro atoms. The summed E-state index contributed by atoms with van der Waals surface area (Å²) in [5, 5.41) is 2.64. The van der Waals surface area contributed by atoms with E-state index in [1.54, 1.807) is 27.7 Å². The maximum atomic E-state index is 11.9. The highest BCUT2D eigenvalue weighted by atomic mass is 16.6. The van der Waals surface area contributed by atoms with E-state index in [1.165, 1.54) is 5.56 Å². The first-order chi connectivity index (χ1) is 9.57. The molecule has 0 saturated carbocycles. The molecule has 21 heavy (non-hydrogen) atoms. The maximum absolute atomic E-state index is 11.9. The van der Waals surface area contributed by atoms with Gasteiger partial charge in [-0.3, -0.25) is 0 Å². The van der Waals surface area contributed by atoms with Crippen LogP contribution in [0.15, 0.2) is 24.3 Å². The number of hydrogen-bond acceptors (Lipinski definition) is 3. The molecule has 0 heterocycles. The first-order valence-electron chi connectivity index (χ1n) is 7.15. The molecule has 1 N–H and O–H groups in total. The van der Waals surface area contributed by atoms with Gasteiger partial charge in [-0.05, 0) is 44.7 Å². The third kappa shape index (κ3) is 4.88. The van der Waals surface area contributed by atoms with Crippen LogP contribution < -0.4 is 5.32 Å². The minimum absolute atomic E-state index is 0.417. The normalized spacial score (nSPS) is 14.4. The fourth-order valence-electron chi connectivity index (χ4n) is 1.90. The molecule has 1 aromatic rings. The fraction of sp³-hybridized carbons (Fsp3) is 0.529. The van der Waals surface area contributed by atoms with Crippen LogP contribution in [0.2, 0.25) is 0 Å². The van der Waals surface area contributed by atoms with Crippen LogP contribution >= 0.6 is 0 Å². The molecular formula is C17H25NO3. The van der Waals surface area contributed by atoms with Gasteiger partial charge >= 0.3 is 6.09 Å². The predicted molar refractivity (Wildman–Crippen MR) is 83.3 cm³/mol. The Morgan fingerprint density at radius 1 is 1.14 bits per heavy atom. The van der Waals surface area contributed by atoms with E-state index in [9.17, 15) is 9.59 Å². The van der Waals surface area contributed by atoms with E-state index in [4.69, 9.17) is 4.74 Å². The Morgan fingerprint density at radius 3 is 2.05 bits per heavy atom. The van der Waals surface area contributed by atoms with Crippen LogP contribution in [-0.4, -0.2) is 18.0 Å². The summed E-state index contributed by atoms with van der Waals surface area (Å²) in [6, 6.07) is 7.67. The van der Waals surface area contributed by atoms with Gasteiger partial charge in [0.25, 0.3) is 0 Å². The summed E-state index contributed by atoms with van der Waals surface area (Å²) in [6.45, 7) is 11.2. The molecule has 1 aromatic carbocycles. The van der Waals surface area contributed by atoms with Crippen molar-refractivity contribution >= 4 is 12.4 Å². The molecule has 0 fully saturated rings. The van der Waals surface area contributed by atoms with Gasteiger partial charge in [-0.25, -0.2) is 4.79 Å². The number of benzene rings is 1. The Bertz CT molecular complexity index is 500. The monoisotopic (exact) mass is 291 g/mol. The van der Waals surface area contributed by atoms with Crippen LogP contribution in [0.3, 0.4) is 0 Å². The van der Waals surface area contributed by atoms with Crippen LogP contribution in [0, 0.1) is 0 Å². The molecule has 1 unspecified atom stereocenters. The Hall–Kier alpha value is -1.84. The van der Waals surface area contributed by atoms with Gasteiger partial charge in [-0.15, -0.1) is 0 Å². The van der Waals surface area contributed by atoms with E-state index in [1.807, 2.05) is 24.3 Å². The molecule has 0 aliphatic carbocycles. The Labute approximate surface area is 126 Å². The number of rotatable bonds is 4. The van der Waals surface area contributed by atoms with Crippen LogP contribution in [0.25, 0.3) is 0 Å². The summed E-state index contributed by atoms with van der Waals surface area (Å²) in [6.07, 6.45) is 0.117. The zero-order chi connectivity index (χ0) is 16.3. The second kappa shape index (κ2) is 6.29. The predicted octanol–water partition coefficient (Wildman–Crippen LogP) is 3.75. The number of aldehydes is 1. The minimum atomic E-state index is -1.10. The minimum Gasteiger partial charge on any atom is -0.444 e. The third-order valence-corrected chi connectivity index (χ3v) is 3.17. The lowest BCUT2D eigenvalue weighted by Crippen LogP contribution is -2.46. The van der Waals surface area contributed by atoms with Crippen molar-refractivity contribution in [2.24, 2.45) is 0 Å². The van der Waals surface area contributed by atoms with Gasteiger partial charge in [0.2, 0.25) is 0 Å². The average molecular weight is 291 g/mol. The number of carbonyl (C=O) groups is 2. The van der Waals surface area contributed by atoms with Gasteiger partial charge in [0.1, 0.15) is 17.4 Å². The lowest BCUT2D eigenvalue weighted by molar-refractivity contribution is -0.113. The zero-order valence-electron chi connectivity index (χ0n) is 13.7. The quantitative estimate of drug-likeness (QED) is 0.860. The van der Waals surface area contributed by atoms with Gasteiger partial charge in [0.05, 0.1) is 0 Å². The number of ether oxygens (including phenoxy) is 1. The standard InChI is InChI=1S/C17H25NO3/c1-12(2)13-7-9-14(10-8-13)17(6,11-19)18-15(20)21-16(3,4)5/h7-12H,1-6H3,(H,18,20). The molecule has 1 amide bonds. The molecule has 0 aliphatic rings. The van der Waals surface area contributed by atoms with Crippen LogP contribution in [0.1, 0.15) is 58.6 Å². The molecule has 116 valence electrons. The van der Waals surface area contributed by atoms with Gasteiger partial charge in [0, 0.05) is 0 Å². The highest BCUT2D eigenvalue weighted by molar-refractivity contribution is 5.77. The van der Waals surface area contributed by atoms with Crippen molar-refractivity contribution in [3.8, 4) is 0 Å². The van der Waals surface area contributed by atoms with Gasteiger partial charge in [-0.2, -0.15) is 0 Å². The van der Waals surface area contributed by atoms with Crippen molar-refractivity contribution in [1.82, 2.24) is 5.32 Å². The zero-order valence-corrected chi connectivity index (χ0v) is 13.7. The number of nitrogens with one attached hydrogen (secondary N) is 1.